The lowest BCUT2D eigenvalue weighted by Gasteiger charge is -1.99. The van der Waals surface area contributed by atoms with Crippen molar-refractivity contribution in [1.29, 1.82) is 0 Å². The highest BCUT2D eigenvalue weighted by atomic mass is 14.7. The van der Waals surface area contributed by atoms with Gasteiger partial charge in [-0.3, -0.25) is 4.98 Å². The molecule has 1 aromatic heterocycles. The molecule has 9 heavy (non-hydrogen) atoms. The first-order valence-corrected chi connectivity index (χ1v) is 3.13. The van der Waals surface area contributed by atoms with E-state index >= 15 is 0 Å². The zero-order valence-electron chi connectivity index (χ0n) is 5.76. The van der Waals surface area contributed by atoms with Crippen LogP contribution >= 0.6 is 0 Å². The minimum atomic E-state index is 0.492. The Bertz CT molecular complexity index is 167. The van der Waals surface area contributed by atoms with Crippen molar-refractivity contribution < 1.29 is 0 Å². The molecule has 0 saturated carbocycles. The van der Waals surface area contributed by atoms with E-state index in [0.29, 0.717) is 5.92 Å². The molecule has 1 heterocycles. The second-order valence-corrected chi connectivity index (χ2v) is 2.32. The fourth-order valence-corrected chi connectivity index (χ4v) is 0.653. The number of pyridine rings is 1. The summed E-state index contributed by atoms with van der Waals surface area (Å²) in [6.45, 7) is 4.22. The molecule has 0 fully saturated rings. The maximum absolute atomic E-state index is 4.12. The van der Waals surface area contributed by atoms with E-state index < -0.39 is 0 Å². The standard InChI is InChI=1S/C8H10N/c1-7(2)8-5-3-4-6-9-8/h3-4,6-7H,1-2H3. The molecule has 1 nitrogen and oxygen atoms in total. The Balaban J connectivity index is 2.85. The van der Waals surface area contributed by atoms with Gasteiger partial charge in [0.1, 0.15) is 0 Å². The van der Waals surface area contributed by atoms with Crippen LogP contribution in [0.5, 0.6) is 0 Å². The van der Waals surface area contributed by atoms with Gasteiger partial charge in [-0.05, 0) is 12.0 Å². The van der Waals surface area contributed by atoms with Crippen molar-refractivity contribution in [2.75, 3.05) is 0 Å². The summed E-state index contributed by atoms with van der Waals surface area (Å²) in [7, 11) is 0. The van der Waals surface area contributed by atoms with Crippen molar-refractivity contribution in [3.8, 4) is 0 Å². The molecule has 0 aliphatic carbocycles. The SMILES string of the molecule is CC(C)c1[c]cccn1. The number of aromatic nitrogens is 1. The molecule has 0 unspecified atom stereocenters. The van der Waals surface area contributed by atoms with Gasteiger partial charge in [0, 0.05) is 12.3 Å². The Morgan fingerprint density at radius 3 is 2.67 bits per heavy atom. The van der Waals surface area contributed by atoms with Crippen LogP contribution in [-0.2, 0) is 0 Å². The van der Waals surface area contributed by atoms with Crippen molar-refractivity contribution >= 4 is 0 Å². The van der Waals surface area contributed by atoms with Crippen LogP contribution in [0.2, 0.25) is 0 Å². The Morgan fingerprint density at radius 1 is 1.56 bits per heavy atom. The smallest absolute Gasteiger partial charge is 0.0507 e. The van der Waals surface area contributed by atoms with Crippen molar-refractivity contribution in [1.82, 2.24) is 4.98 Å². The predicted molar refractivity (Wildman–Crippen MR) is 37.2 cm³/mol. The third-order valence-electron chi connectivity index (χ3n) is 1.17. The normalized spacial score (nSPS) is 10.1. The third kappa shape index (κ3) is 1.53. The first kappa shape index (κ1) is 6.27. The summed E-state index contributed by atoms with van der Waals surface area (Å²) >= 11 is 0. The van der Waals surface area contributed by atoms with Crippen LogP contribution in [0.15, 0.2) is 18.3 Å². The minimum Gasteiger partial charge on any atom is -0.260 e. The van der Waals surface area contributed by atoms with Gasteiger partial charge < -0.3 is 0 Å². The molecular formula is C8H10N. The van der Waals surface area contributed by atoms with Gasteiger partial charge in [0.2, 0.25) is 0 Å². The number of hydrogen-bond acceptors (Lipinski definition) is 1. The minimum absolute atomic E-state index is 0.492. The second kappa shape index (κ2) is 2.62. The van der Waals surface area contributed by atoms with E-state index in [9.17, 15) is 0 Å². The molecule has 0 amide bonds. The first-order chi connectivity index (χ1) is 4.30. The monoisotopic (exact) mass is 120 g/mol. The zero-order valence-corrected chi connectivity index (χ0v) is 5.76. The van der Waals surface area contributed by atoms with E-state index in [1.165, 1.54) is 0 Å². The molecule has 0 aliphatic heterocycles. The lowest BCUT2D eigenvalue weighted by molar-refractivity contribution is 0.820. The van der Waals surface area contributed by atoms with Crippen LogP contribution in [-0.4, -0.2) is 4.98 Å². The maximum atomic E-state index is 4.12. The Kier molecular flexibility index (Phi) is 1.83. The molecule has 0 spiro atoms. The largest absolute Gasteiger partial charge is 0.260 e. The van der Waals surface area contributed by atoms with Gasteiger partial charge in [-0.2, -0.15) is 0 Å². The molecular weight excluding hydrogens is 110 g/mol. The van der Waals surface area contributed by atoms with Crippen LogP contribution in [0.3, 0.4) is 0 Å². The van der Waals surface area contributed by atoms with Crippen LogP contribution in [0.1, 0.15) is 25.5 Å². The first-order valence-electron chi connectivity index (χ1n) is 3.13. The van der Waals surface area contributed by atoms with E-state index in [1.807, 2.05) is 12.1 Å². The van der Waals surface area contributed by atoms with Crippen molar-refractivity contribution in [3.05, 3.63) is 30.1 Å². The van der Waals surface area contributed by atoms with Crippen LogP contribution < -0.4 is 0 Å². The van der Waals surface area contributed by atoms with E-state index in [0.717, 1.165) is 5.69 Å². The molecule has 1 aromatic rings. The highest BCUT2D eigenvalue weighted by molar-refractivity contribution is 5.04. The van der Waals surface area contributed by atoms with Gasteiger partial charge in [0.25, 0.3) is 0 Å². The van der Waals surface area contributed by atoms with E-state index in [-0.39, 0.29) is 0 Å². The lowest BCUT2D eigenvalue weighted by Crippen LogP contribution is -1.89. The van der Waals surface area contributed by atoms with Crippen LogP contribution in [0.25, 0.3) is 0 Å². The highest BCUT2D eigenvalue weighted by Crippen LogP contribution is 2.07. The molecule has 1 heteroatoms. The number of rotatable bonds is 1. The second-order valence-electron chi connectivity index (χ2n) is 2.32. The summed E-state index contributed by atoms with van der Waals surface area (Å²) in [4.78, 5) is 4.12. The van der Waals surface area contributed by atoms with E-state index in [4.69, 9.17) is 0 Å². The van der Waals surface area contributed by atoms with Gasteiger partial charge in [-0.15, -0.1) is 0 Å². The zero-order chi connectivity index (χ0) is 6.69. The summed E-state index contributed by atoms with van der Waals surface area (Å²) < 4.78 is 0. The summed E-state index contributed by atoms with van der Waals surface area (Å²) in [5, 5.41) is 0. The van der Waals surface area contributed by atoms with Gasteiger partial charge in [-0.1, -0.05) is 19.9 Å². The number of hydrogen-bond donors (Lipinski definition) is 0. The summed E-state index contributed by atoms with van der Waals surface area (Å²) in [6.07, 6.45) is 1.80. The van der Waals surface area contributed by atoms with Crippen LogP contribution in [0.4, 0.5) is 0 Å². The fraction of sp³-hybridized carbons (Fsp3) is 0.375. The molecule has 0 saturated heterocycles. The quantitative estimate of drug-likeness (QED) is 0.552. The third-order valence-corrected chi connectivity index (χ3v) is 1.17. The molecule has 0 atom stereocenters. The fourth-order valence-electron chi connectivity index (χ4n) is 0.653. The Morgan fingerprint density at radius 2 is 2.33 bits per heavy atom. The molecule has 0 bridgehead atoms. The average Bonchev–Trinajstić information content (AvgIpc) is 1.90. The average molecular weight is 120 g/mol. The van der Waals surface area contributed by atoms with Gasteiger partial charge in [0.05, 0.1) is 5.69 Å². The van der Waals surface area contributed by atoms with Gasteiger partial charge in [-0.25, -0.2) is 0 Å². The highest BCUT2D eigenvalue weighted by Gasteiger charge is 1.96. The summed E-state index contributed by atoms with van der Waals surface area (Å²) in [5.41, 5.74) is 1.04. The lowest BCUT2D eigenvalue weighted by atomic mass is 10.1. The molecule has 1 rings (SSSR count). The summed E-state index contributed by atoms with van der Waals surface area (Å²) in [6, 6.07) is 6.83. The Hall–Kier alpha value is -0.850. The molecule has 0 aliphatic rings. The van der Waals surface area contributed by atoms with Crippen molar-refractivity contribution in [2.24, 2.45) is 0 Å². The maximum Gasteiger partial charge on any atom is 0.0507 e. The summed E-state index contributed by atoms with van der Waals surface area (Å²) in [5.74, 6) is 0.492. The Labute approximate surface area is 55.7 Å². The topological polar surface area (TPSA) is 12.9 Å². The molecule has 0 N–H and O–H groups in total. The van der Waals surface area contributed by atoms with Crippen molar-refractivity contribution in [2.45, 2.75) is 19.8 Å². The molecule has 1 radical (unpaired) electrons. The van der Waals surface area contributed by atoms with Crippen molar-refractivity contribution in [3.63, 3.8) is 0 Å². The number of nitrogens with zero attached hydrogens (tertiary/aromatic N) is 1. The molecule has 47 valence electrons. The van der Waals surface area contributed by atoms with E-state index in [2.05, 4.69) is 24.9 Å². The van der Waals surface area contributed by atoms with Gasteiger partial charge >= 0.3 is 0 Å². The predicted octanol–water partition coefficient (Wildman–Crippen LogP) is 2.01. The van der Waals surface area contributed by atoms with E-state index in [1.54, 1.807) is 6.20 Å². The molecule has 0 aromatic carbocycles. The van der Waals surface area contributed by atoms with Crippen LogP contribution in [0, 0.1) is 6.07 Å². The van der Waals surface area contributed by atoms with Gasteiger partial charge in [0.15, 0.2) is 0 Å².